The molecule has 3 amide bonds. The van der Waals surface area contributed by atoms with E-state index in [1.165, 1.54) is 0 Å². The van der Waals surface area contributed by atoms with E-state index in [4.69, 9.17) is 9.47 Å². The summed E-state index contributed by atoms with van der Waals surface area (Å²) in [5.41, 5.74) is 0. The van der Waals surface area contributed by atoms with E-state index in [1.807, 2.05) is 13.8 Å². The van der Waals surface area contributed by atoms with Crippen LogP contribution in [0.4, 0.5) is 17.6 Å². The molecule has 4 unspecified atom stereocenters. The number of benzene rings is 1. The molecule has 1 aromatic rings. The van der Waals surface area contributed by atoms with Gasteiger partial charge in [0.25, 0.3) is 0 Å². The van der Waals surface area contributed by atoms with E-state index in [-0.39, 0.29) is 30.7 Å². The van der Waals surface area contributed by atoms with Crippen LogP contribution in [0.1, 0.15) is 46.0 Å². The molecule has 3 N–H and O–H groups in total. The largest absolute Gasteiger partial charge is 0.479 e. The molecular formula is C25H31F4N3O6. The van der Waals surface area contributed by atoms with Crippen LogP contribution in [-0.4, -0.2) is 61.5 Å². The van der Waals surface area contributed by atoms with Crippen LogP contribution in [0.5, 0.6) is 5.75 Å². The molecule has 2 fully saturated rings. The highest BCUT2D eigenvalue weighted by atomic mass is 19.2. The number of halogens is 4. The molecule has 0 saturated carbocycles. The van der Waals surface area contributed by atoms with E-state index in [0.29, 0.717) is 32.4 Å². The van der Waals surface area contributed by atoms with Gasteiger partial charge in [-0.15, -0.1) is 0 Å². The van der Waals surface area contributed by atoms with Gasteiger partial charge in [-0.3, -0.25) is 19.2 Å². The van der Waals surface area contributed by atoms with Gasteiger partial charge in [0.1, 0.15) is 18.8 Å². The zero-order chi connectivity index (χ0) is 28.0. The second-order valence-electron chi connectivity index (χ2n) is 9.82. The first-order valence-electron chi connectivity index (χ1n) is 12.5. The van der Waals surface area contributed by atoms with Crippen molar-refractivity contribution in [1.82, 2.24) is 16.0 Å². The third-order valence-corrected chi connectivity index (χ3v) is 6.38. The molecule has 0 aliphatic carbocycles. The summed E-state index contributed by atoms with van der Waals surface area (Å²) < 4.78 is 65.1. The smallest absolute Gasteiger partial charge is 0.249 e. The molecule has 9 nitrogen and oxygen atoms in total. The number of amides is 3. The third-order valence-electron chi connectivity index (χ3n) is 6.38. The molecule has 1 aromatic carbocycles. The topological polar surface area (TPSA) is 123 Å². The maximum absolute atomic E-state index is 14.0. The lowest BCUT2D eigenvalue weighted by atomic mass is 9.95. The summed E-state index contributed by atoms with van der Waals surface area (Å²) in [7, 11) is 0. The first-order valence-corrected chi connectivity index (χ1v) is 12.5. The molecular weight excluding hydrogens is 514 g/mol. The Kier molecular flexibility index (Phi) is 10.1. The molecule has 0 bridgehead atoms. The van der Waals surface area contributed by atoms with Crippen molar-refractivity contribution in [2.24, 2.45) is 11.8 Å². The van der Waals surface area contributed by atoms with Crippen molar-refractivity contribution in [3.05, 3.63) is 29.3 Å². The molecule has 2 heterocycles. The Balaban J connectivity index is 1.75. The predicted octanol–water partition coefficient (Wildman–Crippen LogP) is 1.91. The normalized spacial score (nSPS) is 20.7. The zero-order valence-electron chi connectivity index (χ0n) is 21.1. The molecule has 0 spiro atoms. The highest BCUT2D eigenvalue weighted by Gasteiger charge is 2.35. The second-order valence-corrected chi connectivity index (χ2v) is 9.82. The molecule has 3 rings (SSSR count). The molecule has 38 heavy (non-hydrogen) atoms. The van der Waals surface area contributed by atoms with Crippen LogP contribution in [0.2, 0.25) is 0 Å². The predicted molar refractivity (Wildman–Crippen MR) is 125 cm³/mol. The molecule has 4 atom stereocenters. The fourth-order valence-electron chi connectivity index (χ4n) is 4.37. The van der Waals surface area contributed by atoms with Crippen LogP contribution >= 0.6 is 0 Å². The fourth-order valence-corrected chi connectivity index (χ4v) is 4.37. The van der Waals surface area contributed by atoms with Gasteiger partial charge in [0.15, 0.2) is 23.2 Å². The number of carbonyl (C=O) groups is 4. The van der Waals surface area contributed by atoms with Gasteiger partial charge < -0.3 is 25.4 Å². The third kappa shape index (κ3) is 7.42. The molecule has 0 radical (unpaired) electrons. The highest BCUT2D eigenvalue weighted by Crippen LogP contribution is 2.27. The number of hydrogen-bond donors (Lipinski definition) is 3. The van der Waals surface area contributed by atoms with Gasteiger partial charge in [0.2, 0.25) is 29.4 Å². The number of nitrogens with one attached hydrogen (secondary N) is 3. The van der Waals surface area contributed by atoms with Gasteiger partial charge in [0.05, 0.1) is 6.04 Å². The number of ketones is 1. The Morgan fingerprint density at radius 2 is 1.76 bits per heavy atom. The quantitative estimate of drug-likeness (QED) is 0.273. The molecule has 0 aromatic heterocycles. The van der Waals surface area contributed by atoms with E-state index in [1.54, 1.807) is 0 Å². The van der Waals surface area contributed by atoms with Gasteiger partial charge in [-0.25, -0.2) is 8.78 Å². The van der Waals surface area contributed by atoms with Gasteiger partial charge >= 0.3 is 0 Å². The van der Waals surface area contributed by atoms with Crippen LogP contribution in [0, 0.1) is 35.1 Å². The van der Waals surface area contributed by atoms with E-state index in [9.17, 15) is 36.7 Å². The van der Waals surface area contributed by atoms with Gasteiger partial charge in [-0.05, 0) is 38.0 Å². The highest BCUT2D eigenvalue weighted by molar-refractivity contribution is 5.94. The maximum atomic E-state index is 14.0. The number of rotatable bonds is 12. The Hall–Kier alpha value is -3.22. The fraction of sp³-hybridized carbons (Fsp3) is 0.600. The number of carbonyl (C=O) groups excluding carboxylic acids is 4. The summed E-state index contributed by atoms with van der Waals surface area (Å²) in [6.07, 6.45) is 0.964. The average molecular weight is 546 g/mol. The van der Waals surface area contributed by atoms with Gasteiger partial charge in [-0.1, -0.05) is 13.8 Å². The van der Waals surface area contributed by atoms with Crippen molar-refractivity contribution in [2.45, 2.75) is 64.1 Å². The Labute approximate surface area is 217 Å². The minimum absolute atomic E-state index is 0.000846. The minimum Gasteiger partial charge on any atom is -0.479 e. The van der Waals surface area contributed by atoms with E-state index < -0.39 is 77.3 Å². The van der Waals surface area contributed by atoms with E-state index in [2.05, 4.69) is 16.0 Å². The standard InChI is InChI=1S/C25H31F4N3O6/c1-12(2)8-17(32-25(36)19-4-3-7-37-19)24(35)31-16(9-13-5-6-30-23(13)34)18(33)11-38-22-20(28)14(26)10-15(27)21(22)29/h10,12-13,16-17,19H,3-9,11H2,1-2H3,(H,30,34)(H,31,35)(H,32,36). The summed E-state index contributed by atoms with van der Waals surface area (Å²) >= 11 is 0. The molecule has 2 saturated heterocycles. The lowest BCUT2D eigenvalue weighted by Gasteiger charge is -2.26. The van der Waals surface area contributed by atoms with Crippen molar-refractivity contribution < 1.29 is 46.2 Å². The van der Waals surface area contributed by atoms with Crippen molar-refractivity contribution >= 4 is 23.5 Å². The number of Topliss-reactive ketones (excluding diaryl/α,β-unsaturated/α-hetero) is 1. The van der Waals surface area contributed by atoms with E-state index in [0.717, 1.165) is 0 Å². The number of ether oxygens (including phenoxy) is 2. The molecule has 2 aliphatic rings. The van der Waals surface area contributed by atoms with E-state index >= 15 is 0 Å². The first-order chi connectivity index (χ1) is 18.0. The maximum Gasteiger partial charge on any atom is 0.249 e. The lowest BCUT2D eigenvalue weighted by molar-refractivity contribution is -0.136. The van der Waals surface area contributed by atoms with Crippen LogP contribution in [0.25, 0.3) is 0 Å². The van der Waals surface area contributed by atoms with Gasteiger partial charge in [0, 0.05) is 25.1 Å². The van der Waals surface area contributed by atoms with Crippen LogP contribution in [0.15, 0.2) is 6.07 Å². The van der Waals surface area contributed by atoms with Crippen LogP contribution < -0.4 is 20.7 Å². The zero-order valence-corrected chi connectivity index (χ0v) is 21.1. The average Bonchev–Trinajstić information content (AvgIpc) is 3.54. The Morgan fingerprint density at radius 1 is 1.08 bits per heavy atom. The molecule has 2 aliphatic heterocycles. The first kappa shape index (κ1) is 29.3. The van der Waals surface area contributed by atoms with Crippen LogP contribution in [0.3, 0.4) is 0 Å². The molecule has 13 heteroatoms. The second kappa shape index (κ2) is 13.0. The van der Waals surface area contributed by atoms with Crippen molar-refractivity contribution in [2.75, 3.05) is 19.8 Å². The Bertz CT molecular complexity index is 1040. The summed E-state index contributed by atoms with van der Waals surface area (Å²) in [5.74, 6) is -11.6. The summed E-state index contributed by atoms with van der Waals surface area (Å²) in [6, 6.07) is -2.39. The Morgan fingerprint density at radius 3 is 2.32 bits per heavy atom. The summed E-state index contributed by atoms with van der Waals surface area (Å²) in [4.78, 5) is 50.9. The van der Waals surface area contributed by atoms with Crippen molar-refractivity contribution in [1.29, 1.82) is 0 Å². The molecule has 210 valence electrons. The van der Waals surface area contributed by atoms with Crippen LogP contribution in [-0.2, 0) is 23.9 Å². The van der Waals surface area contributed by atoms with Crippen molar-refractivity contribution in [3.8, 4) is 5.75 Å². The minimum atomic E-state index is -1.82. The van der Waals surface area contributed by atoms with Crippen molar-refractivity contribution in [3.63, 3.8) is 0 Å². The summed E-state index contributed by atoms with van der Waals surface area (Å²) in [6.45, 7) is 3.40. The number of hydrogen-bond acceptors (Lipinski definition) is 6. The van der Waals surface area contributed by atoms with Gasteiger partial charge in [-0.2, -0.15) is 8.78 Å². The monoisotopic (exact) mass is 545 g/mol. The SMILES string of the molecule is CC(C)CC(NC(=O)C1CCCO1)C(=O)NC(CC1CCNC1=O)C(=O)COc1c(F)c(F)cc(F)c1F. The summed E-state index contributed by atoms with van der Waals surface area (Å²) in [5, 5.41) is 7.77. The lowest BCUT2D eigenvalue weighted by Crippen LogP contribution is -2.54.